The number of aromatic nitrogens is 1. The maximum atomic E-state index is 6.07. The number of hydrogen-bond donors (Lipinski definition) is 3. The summed E-state index contributed by atoms with van der Waals surface area (Å²) in [6.45, 7) is 0.854. The fraction of sp³-hybridized carbons (Fsp3) is 0.500. The quantitative estimate of drug-likeness (QED) is 0.575. The van der Waals surface area contributed by atoms with Crippen LogP contribution in [0.1, 0.15) is 12.8 Å². The van der Waals surface area contributed by atoms with Crippen molar-refractivity contribution < 1.29 is 0 Å². The number of hydrogen-bond acceptors (Lipinski definition) is 5. The maximum absolute atomic E-state index is 6.07. The van der Waals surface area contributed by atoms with Crippen molar-refractivity contribution in [2.24, 2.45) is 5.84 Å². The molecule has 0 bridgehead atoms. The van der Waals surface area contributed by atoms with Gasteiger partial charge in [0.05, 0.1) is 10.0 Å². The summed E-state index contributed by atoms with van der Waals surface area (Å²) < 4.78 is 0.348. The molecule has 2 rings (SSSR count). The standard InChI is InChI=1S/C10H14Cl2N4S/c1-17-10(2-3-10)5-14-8-6(11)4-7(12)9(15-8)16-13/h4H,2-3,5,13H2,1H3,(H2,14,15,16). The summed E-state index contributed by atoms with van der Waals surface area (Å²) in [5.74, 6) is 6.36. The van der Waals surface area contributed by atoms with Gasteiger partial charge in [0.15, 0.2) is 5.82 Å². The number of nitrogens with two attached hydrogens (primary N) is 1. The summed E-state index contributed by atoms with van der Waals surface area (Å²) in [7, 11) is 0. The van der Waals surface area contributed by atoms with Gasteiger partial charge >= 0.3 is 0 Å². The molecule has 0 aromatic carbocycles. The van der Waals surface area contributed by atoms with E-state index in [4.69, 9.17) is 29.0 Å². The first-order valence-corrected chi connectivity index (χ1v) is 7.20. The second-order valence-corrected chi connectivity index (χ2v) is 6.12. The third kappa shape index (κ3) is 2.91. The number of pyridine rings is 1. The van der Waals surface area contributed by atoms with Crippen molar-refractivity contribution in [3.8, 4) is 0 Å². The molecule has 94 valence electrons. The summed E-state index contributed by atoms with van der Waals surface area (Å²) >= 11 is 13.9. The minimum absolute atomic E-state index is 0.348. The number of halogens is 2. The van der Waals surface area contributed by atoms with Gasteiger partial charge in [-0.3, -0.25) is 0 Å². The second-order valence-electron chi connectivity index (χ2n) is 4.03. The highest BCUT2D eigenvalue weighted by Gasteiger charge is 2.41. The van der Waals surface area contributed by atoms with Crippen LogP contribution in [0.3, 0.4) is 0 Å². The van der Waals surface area contributed by atoms with E-state index >= 15 is 0 Å². The minimum atomic E-state index is 0.348. The first kappa shape index (κ1) is 13.1. The smallest absolute Gasteiger partial charge is 0.161 e. The Hall–Kier alpha value is -0.360. The molecule has 1 aromatic heterocycles. The Morgan fingerprint density at radius 3 is 2.59 bits per heavy atom. The van der Waals surface area contributed by atoms with Crippen molar-refractivity contribution in [2.75, 3.05) is 23.5 Å². The van der Waals surface area contributed by atoms with Gasteiger partial charge in [-0.1, -0.05) is 23.2 Å². The number of nitrogens with zero attached hydrogens (tertiary/aromatic N) is 1. The van der Waals surface area contributed by atoms with Crippen LogP contribution in [0.15, 0.2) is 6.07 Å². The lowest BCUT2D eigenvalue weighted by atomic mass is 10.4. The Kier molecular flexibility index (Phi) is 3.92. The van der Waals surface area contributed by atoms with E-state index in [1.54, 1.807) is 6.07 Å². The van der Waals surface area contributed by atoms with Crippen LogP contribution in [0, 0.1) is 0 Å². The molecule has 7 heteroatoms. The predicted molar refractivity (Wildman–Crippen MR) is 76.0 cm³/mol. The van der Waals surface area contributed by atoms with Crippen LogP contribution in [0.5, 0.6) is 0 Å². The zero-order valence-electron chi connectivity index (χ0n) is 9.39. The molecule has 0 saturated heterocycles. The van der Waals surface area contributed by atoms with Crippen molar-refractivity contribution in [3.63, 3.8) is 0 Å². The van der Waals surface area contributed by atoms with Crippen LogP contribution in [0.4, 0.5) is 11.6 Å². The first-order chi connectivity index (χ1) is 8.10. The van der Waals surface area contributed by atoms with Gasteiger partial charge < -0.3 is 10.7 Å². The molecular formula is C10H14Cl2N4S. The molecule has 0 amide bonds. The van der Waals surface area contributed by atoms with Crippen LogP contribution in [0.2, 0.25) is 10.0 Å². The Balaban J connectivity index is 2.10. The lowest BCUT2D eigenvalue weighted by Crippen LogP contribution is -2.19. The Bertz CT molecular complexity index is 423. The average Bonchev–Trinajstić information content (AvgIpc) is 3.09. The fourth-order valence-corrected chi connectivity index (χ4v) is 2.74. The molecule has 0 spiro atoms. The number of rotatable bonds is 5. The van der Waals surface area contributed by atoms with Crippen LogP contribution >= 0.6 is 35.0 Å². The molecule has 4 nitrogen and oxygen atoms in total. The van der Waals surface area contributed by atoms with Gasteiger partial charge in [-0.25, -0.2) is 10.8 Å². The zero-order valence-corrected chi connectivity index (χ0v) is 11.7. The van der Waals surface area contributed by atoms with Crippen LogP contribution in [-0.2, 0) is 0 Å². The van der Waals surface area contributed by atoms with Crippen molar-refractivity contribution in [1.29, 1.82) is 0 Å². The molecule has 1 aromatic rings. The third-order valence-electron chi connectivity index (χ3n) is 2.88. The van der Waals surface area contributed by atoms with Gasteiger partial charge in [-0.2, -0.15) is 11.8 Å². The largest absolute Gasteiger partial charge is 0.367 e. The second kappa shape index (κ2) is 5.10. The first-order valence-electron chi connectivity index (χ1n) is 5.22. The average molecular weight is 293 g/mol. The summed E-state index contributed by atoms with van der Waals surface area (Å²) in [5, 5.41) is 4.17. The molecule has 17 heavy (non-hydrogen) atoms. The van der Waals surface area contributed by atoms with E-state index in [0.29, 0.717) is 26.4 Å². The predicted octanol–water partition coefficient (Wildman–Crippen LogP) is 2.98. The highest BCUT2D eigenvalue weighted by molar-refractivity contribution is 8.00. The fourth-order valence-electron chi connectivity index (χ4n) is 1.53. The van der Waals surface area contributed by atoms with E-state index in [-0.39, 0.29) is 0 Å². The van der Waals surface area contributed by atoms with Crippen molar-refractivity contribution in [3.05, 3.63) is 16.1 Å². The number of thioether (sulfide) groups is 1. The van der Waals surface area contributed by atoms with Crippen molar-refractivity contribution >= 4 is 46.6 Å². The molecule has 1 heterocycles. The molecule has 1 fully saturated rings. The molecule has 1 aliphatic rings. The van der Waals surface area contributed by atoms with Gasteiger partial charge in [0, 0.05) is 11.3 Å². The number of nitrogens with one attached hydrogen (secondary N) is 2. The Morgan fingerprint density at radius 1 is 1.41 bits per heavy atom. The van der Waals surface area contributed by atoms with Crippen LogP contribution in [0.25, 0.3) is 0 Å². The van der Waals surface area contributed by atoms with E-state index in [0.717, 1.165) is 6.54 Å². The van der Waals surface area contributed by atoms with Crippen molar-refractivity contribution in [1.82, 2.24) is 4.98 Å². The molecular weight excluding hydrogens is 279 g/mol. The lowest BCUT2D eigenvalue weighted by Gasteiger charge is -2.15. The third-order valence-corrected chi connectivity index (χ3v) is 4.88. The summed E-state index contributed by atoms with van der Waals surface area (Å²) in [6.07, 6.45) is 4.58. The Morgan fingerprint density at radius 2 is 2.06 bits per heavy atom. The molecule has 1 saturated carbocycles. The molecule has 0 atom stereocenters. The summed E-state index contributed by atoms with van der Waals surface area (Å²) in [6, 6.07) is 1.63. The van der Waals surface area contributed by atoms with Crippen molar-refractivity contribution in [2.45, 2.75) is 17.6 Å². The van der Waals surface area contributed by atoms with Gasteiger partial charge in [-0.15, -0.1) is 0 Å². The Labute approximate surface area is 115 Å². The van der Waals surface area contributed by atoms with E-state index in [9.17, 15) is 0 Å². The number of nitrogen functional groups attached to an aromatic ring is 1. The summed E-state index contributed by atoms with van der Waals surface area (Å²) in [5.41, 5.74) is 2.44. The SMILES string of the molecule is CSC1(CNc2nc(NN)c(Cl)cc2Cl)CC1. The van der Waals surface area contributed by atoms with E-state index in [1.165, 1.54) is 12.8 Å². The molecule has 0 unspecified atom stereocenters. The maximum Gasteiger partial charge on any atom is 0.161 e. The molecule has 0 radical (unpaired) electrons. The highest BCUT2D eigenvalue weighted by Crippen LogP contribution is 2.47. The minimum Gasteiger partial charge on any atom is -0.367 e. The molecule has 0 aliphatic heterocycles. The number of hydrazine groups is 1. The van der Waals surface area contributed by atoms with E-state index < -0.39 is 0 Å². The van der Waals surface area contributed by atoms with Gasteiger partial charge in [0.2, 0.25) is 0 Å². The monoisotopic (exact) mass is 292 g/mol. The molecule has 1 aliphatic carbocycles. The normalized spacial score (nSPS) is 16.7. The summed E-state index contributed by atoms with van der Waals surface area (Å²) in [4.78, 5) is 4.24. The number of anilines is 2. The topological polar surface area (TPSA) is 63.0 Å². The van der Waals surface area contributed by atoms with Gasteiger partial charge in [-0.05, 0) is 25.2 Å². The van der Waals surface area contributed by atoms with Gasteiger partial charge in [0.25, 0.3) is 0 Å². The zero-order chi connectivity index (χ0) is 12.5. The van der Waals surface area contributed by atoms with Gasteiger partial charge in [0.1, 0.15) is 5.82 Å². The highest BCUT2D eigenvalue weighted by atomic mass is 35.5. The van der Waals surface area contributed by atoms with E-state index in [1.807, 2.05) is 11.8 Å². The van der Waals surface area contributed by atoms with Crippen LogP contribution in [-0.4, -0.2) is 22.5 Å². The van der Waals surface area contributed by atoms with Crippen LogP contribution < -0.4 is 16.6 Å². The molecule has 4 N–H and O–H groups in total. The lowest BCUT2D eigenvalue weighted by molar-refractivity contribution is 0.940. The van der Waals surface area contributed by atoms with E-state index in [2.05, 4.69) is 22.0 Å².